The Balaban J connectivity index is 2.34. The summed E-state index contributed by atoms with van der Waals surface area (Å²) in [6.07, 6.45) is 1.80. The van der Waals surface area contributed by atoms with Crippen LogP contribution in [0.4, 0.5) is 0 Å². The van der Waals surface area contributed by atoms with Crippen LogP contribution in [0, 0.1) is 17.2 Å². The molecule has 90 valence electrons. The summed E-state index contributed by atoms with van der Waals surface area (Å²) in [7, 11) is 1.84. The molecule has 1 aliphatic heterocycles. The molecule has 1 amide bonds. The van der Waals surface area contributed by atoms with Crippen LogP contribution in [0.2, 0.25) is 0 Å². The Morgan fingerprint density at radius 1 is 1.50 bits per heavy atom. The van der Waals surface area contributed by atoms with Crippen LogP contribution in [-0.4, -0.2) is 48.4 Å². The standard InChI is InChI=1S/C12H21N3O/c1-10(2)14(3)12(16)9-15-6-4-11(8-13)5-7-15/h10-11H,4-7,9H2,1-3H3. The number of nitrogens with zero attached hydrogens (tertiary/aromatic N) is 3. The fourth-order valence-electron chi connectivity index (χ4n) is 1.81. The van der Waals surface area contributed by atoms with Gasteiger partial charge in [0.05, 0.1) is 12.6 Å². The molecule has 0 aromatic carbocycles. The maximum Gasteiger partial charge on any atom is 0.236 e. The molecule has 1 heterocycles. The highest BCUT2D eigenvalue weighted by molar-refractivity contribution is 5.78. The Kier molecular flexibility index (Phi) is 4.75. The van der Waals surface area contributed by atoms with Gasteiger partial charge < -0.3 is 4.90 Å². The first-order valence-electron chi connectivity index (χ1n) is 5.92. The van der Waals surface area contributed by atoms with Gasteiger partial charge in [0.15, 0.2) is 0 Å². The van der Waals surface area contributed by atoms with Gasteiger partial charge >= 0.3 is 0 Å². The quantitative estimate of drug-likeness (QED) is 0.719. The highest BCUT2D eigenvalue weighted by Crippen LogP contribution is 2.15. The van der Waals surface area contributed by atoms with Crippen LogP contribution < -0.4 is 0 Å². The number of hydrogen-bond acceptors (Lipinski definition) is 3. The number of nitriles is 1. The third-order valence-electron chi connectivity index (χ3n) is 3.30. The van der Waals surface area contributed by atoms with E-state index in [9.17, 15) is 4.79 Å². The molecular formula is C12H21N3O. The van der Waals surface area contributed by atoms with E-state index in [0.717, 1.165) is 25.9 Å². The van der Waals surface area contributed by atoms with Crippen LogP contribution in [0.25, 0.3) is 0 Å². The summed E-state index contributed by atoms with van der Waals surface area (Å²) in [6.45, 7) is 6.26. The van der Waals surface area contributed by atoms with Crippen molar-refractivity contribution in [2.75, 3.05) is 26.7 Å². The van der Waals surface area contributed by atoms with E-state index in [2.05, 4.69) is 11.0 Å². The summed E-state index contributed by atoms with van der Waals surface area (Å²) in [5, 5.41) is 8.78. The van der Waals surface area contributed by atoms with Gasteiger partial charge in [-0.1, -0.05) is 0 Å². The van der Waals surface area contributed by atoms with Crippen LogP contribution >= 0.6 is 0 Å². The first-order chi connectivity index (χ1) is 7.54. The first kappa shape index (κ1) is 13.0. The number of piperidine rings is 1. The SMILES string of the molecule is CC(C)N(C)C(=O)CN1CCC(C#N)CC1. The largest absolute Gasteiger partial charge is 0.342 e. The Morgan fingerprint density at radius 2 is 2.06 bits per heavy atom. The second-order valence-electron chi connectivity index (χ2n) is 4.78. The summed E-state index contributed by atoms with van der Waals surface area (Å²) in [6, 6.07) is 2.55. The van der Waals surface area contributed by atoms with Crippen LogP contribution in [0.15, 0.2) is 0 Å². The molecule has 0 atom stereocenters. The Hall–Kier alpha value is -1.08. The maximum atomic E-state index is 11.8. The fraction of sp³-hybridized carbons (Fsp3) is 0.833. The Labute approximate surface area is 97.8 Å². The van der Waals surface area contributed by atoms with Gasteiger partial charge in [0.25, 0.3) is 0 Å². The molecular weight excluding hydrogens is 202 g/mol. The molecule has 0 unspecified atom stereocenters. The minimum absolute atomic E-state index is 0.172. The van der Waals surface area contributed by atoms with Crippen LogP contribution in [0.3, 0.4) is 0 Å². The van der Waals surface area contributed by atoms with Gasteiger partial charge in [-0.05, 0) is 39.8 Å². The topological polar surface area (TPSA) is 47.3 Å². The predicted molar refractivity (Wildman–Crippen MR) is 62.7 cm³/mol. The second-order valence-corrected chi connectivity index (χ2v) is 4.78. The first-order valence-corrected chi connectivity index (χ1v) is 5.92. The van der Waals surface area contributed by atoms with Crippen LogP contribution in [0.5, 0.6) is 0 Å². The van der Waals surface area contributed by atoms with Gasteiger partial charge in [0.1, 0.15) is 0 Å². The third kappa shape index (κ3) is 3.49. The number of hydrogen-bond donors (Lipinski definition) is 0. The van der Waals surface area contributed by atoms with Gasteiger partial charge in [-0.25, -0.2) is 0 Å². The number of likely N-dealkylation sites (tertiary alicyclic amines) is 1. The minimum atomic E-state index is 0.172. The van der Waals surface area contributed by atoms with Gasteiger partial charge in [-0.3, -0.25) is 9.69 Å². The van der Waals surface area contributed by atoms with E-state index >= 15 is 0 Å². The average molecular weight is 223 g/mol. The molecule has 0 spiro atoms. The van der Waals surface area contributed by atoms with Gasteiger partial charge in [0, 0.05) is 19.0 Å². The van der Waals surface area contributed by atoms with Crippen molar-refractivity contribution < 1.29 is 4.79 Å². The van der Waals surface area contributed by atoms with Crippen molar-refractivity contribution in [2.45, 2.75) is 32.7 Å². The molecule has 0 aromatic heterocycles. The molecule has 4 nitrogen and oxygen atoms in total. The minimum Gasteiger partial charge on any atom is -0.342 e. The van der Waals surface area contributed by atoms with Crippen LogP contribution in [-0.2, 0) is 4.79 Å². The molecule has 1 fully saturated rings. The van der Waals surface area contributed by atoms with E-state index < -0.39 is 0 Å². The monoisotopic (exact) mass is 223 g/mol. The Bertz CT molecular complexity index is 274. The van der Waals surface area contributed by atoms with E-state index in [1.54, 1.807) is 4.90 Å². The van der Waals surface area contributed by atoms with Crippen molar-refractivity contribution in [1.29, 1.82) is 5.26 Å². The van der Waals surface area contributed by atoms with E-state index in [0.29, 0.717) is 6.54 Å². The summed E-state index contributed by atoms with van der Waals surface area (Å²) in [4.78, 5) is 15.7. The van der Waals surface area contributed by atoms with Crippen molar-refractivity contribution in [3.05, 3.63) is 0 Å². The molecule has 1 rings (SSSR count). The van der Waals surface area contributed by atoms with Crippen LogP contribution in [0.1, 0.15) is 26.7 Å². The molecule has 0 saturated carbocycles. The highest BCUT2D eigenvalue weighted by Gasteiger charge is 2.22. The third-order valence-corrected chi connectivity index (χ3v) is 3.30. The summed E-state index contributed by atoms with van der Waals surface area (Å²) in [5.74, 6) is 0.361. The predicted octanol–water partition coefficient (Wildman–Crippen LogP) is 1.09. The lowest BCUT2D eigenvalue weighted by molar-refractivity contribution is -0.132. The number of carbonyl (C=O) groups excluding carboxylic acids is 1. The lowest BCUT2D eigenvalue weighted by atomic mass is 9.99. The number of carbonyl (C=O) groups is 1. The normalized spacial score (nSPS) is 18.4. The lowest BCUT2D eigenvalue weighted by Crippen LogP contribution is -2.44. The number of amides is 1. The summed E-state index contributed by atoms with van der Waals surface area (Å²) in [5.41, 5.74) is 0. The van der Waals surface area contributed by atoms with Crippen molar-refractivity contribution in [2.24, 2.45) is 5.92 Å². The molecule has 16 heavy (non-hydrogen) atoms. The lowest BCUT2D eigenvalue weighted by Gasteiger charge is -2.31. The van der Waals surface area contributed by atoms with Gasteiger partial charge in [-0.15, -0.1) is 0 Å². The van der Waals surface area contributed by atoms with Crippen molar-refractivity contribution >= 4 is 5.91 Å². The van der Waals surface area contributed by atoms with Gasteiger partial charge in [-0.2, -0.15) is 5.26 Å². The second kappa shape index (κ2) is 5.86. The zero-order valence-corrected chi connectivity index (χ0v) is 10.4. The molecule has 0 aliphatic carbocycles. The average Bonchev–Trinajstić information content (AvgIpc) is 2.28. The molecule has 0 radical (unpaired) electrons. The van der Waals surface area contributed by atoms with E-state index in [1.165, 1.54) is 0 Å². The zero-order valence-electron chi connectivity index (χ0n) is 10.4. The molecule has 1 aliphatic rings. The van der Waals surface area contributed by atoms with E-state index in [4.69, 9.17) is 5.26 Å². The molecule has 4 heteroatoms. The van der Waals surface area contributed by atoms with Crippen molar-refractivity contribution in [1.82, 2.24) is 9.80 Å². The smallest absolute Gasteiger partial charge is 0.236 e. The zero-order chi connectivity index (χ0) is 12.1. The number of likely N-dealkylation sites (N-methyl/N-ethyl adjacent to an activating group) is 1. The van der Waals surface area contributed by atoms with Crippen molar-refractivity contribution in [3.8, 4) is 6.07 Å². The summed E-state index contributed by atoms with van der Waals surface area (Å²) < 4.78 is 0. The van der Waals surface area contributed by atoms with Gasteiger partial charge in [0.2, 0.25) is 5.91 Å². The number of rotatable bonds is 3. The maximum absolute atomic E-state index is 11.8. The molecule has 1 saturated heterocycles. The van der Waals surface area contributed by atoms with E-state index in [-0.39, 0.29) is 17.9 Å². The summed E-state index contributed by atoms with van der Waals surface area (Å²) >= 11 is 0. The molecule has 0 N–H and O–H groups in total. The van der Waals surface area contributed by atoms with Crippen molar-refractivity contribution in [3.63, 3.8) is 0 Å². The molecule has 0 aromatic rings. The fourth-order valence-corrected chi connectivity index (χ4v) is 1.81. The Morgan fingerprint density at radius 3 is 2.50 bits per heavy atom. The molecule has 0 bridgehead atoms. The van der Waals surface area contributed by atoms with E-state index in [1.807, 2.05) is 20.9 Å². The highest BCUT2D eigenvalue weighted by atomic mass is 16.2.